The highest BCUT2D eigenvalue weighted by Gasteiger charge is 1.96. The minimum atomic E-state index is -1.30. The molecule has 0 radical (unpaired) electrons. The van der Waals surface area contributed by atoms with Crippen molar-refractivity contribution in [1.82, 2.24) is 0 Å². The first-order valence-electron chi connectivity index (χ1n) is 2.27. The highest BCUT2D eigenvalue weighted by atomic mass is 35.5. The van der Waals surface area contributed by atoms with Crippen molar-refractivity contribution in [2.45, 2.75) is 0 Å². The van der Waals surface area contributed by atoms with Gasteiger partial charge in [-0.25, -0.2) is 0 Å². The monoisotopic (exact) mass is 148 g/mol. The smallest absolute Gasteiger partial charge is 0.226 e. The SMILES string of the molecule is C=C[SiH](C=C)OCCl. The van der Waals surface area contributed by atoms with Gasteiger partial charge in [-0.1, -0.05) is 23.0 Å². The molecule has 0 saturated carbocycles. The second-order valence-electron chi connectivity index (χ2n) is 1.21. The topological polar surface area (TPSA) is 9.23 Å². The second kappa shape index (κ2) is 5.09. The van der Waals surface area contributed by atoms with Crippen LogP contribution in [0.2, 0.25) is 0 Å². The average Bonchev–Trinajstić information content (AvgIpc) is 1.83. The molecule has 0 bridgehead atoms. The summed E-state index contributed by atoms with van der Waals surface area (Å²) in [6.45, 7) is 7.11. The predicted molar refractivity (Wildman–Crippen MR) is 39.3 cm³/mol. The lowest BCUT2D eigenvalue weighted by molar-refractivity contribution is 0.408. The zero-order valence-electron chi connectivity index (χ0n) is 4.64. The molecule has 0 saturated heterocycles. The van der Waals surface area contributed by atoms with Crippen LogP contribution in [0.4, 0.5) is 0 Å². The van der Waals surface area contributed by atoms with Crippen LogP contribution in [-0.2, 0) is 4.43 Å². The third kappa shape index (κ3) is 3.02. The number of halogens is 1. The Bertz CT molecular complexity index is 76.5. The van der Waals surface area contributed by atoms with Crippen LogP contribution in [0.1, 0.15) is 0 Å². The molecule has 1 nitrogen and oxygen atoms in total. The molecule has 0 aromatic rings. The molecule has 0 rings (SSSR count). The van der Waals surface area contributed by atoms with Gasteiger partial charge in [0.2, 0.25) is 9.04 Å². The number of rotatable bonds is 4. The maximum atomic E-state index is 5.27. The molecule has 0 unspecified atom stereocenters. The molecule has 0 heterocycles. The molecule has 46 valence electrons. The van der Waals surface area contributed by atoms with E-state index in [1.54, 1.807) is 11.4 Å². The van der Waals surface area contributed by atoms with E-state index in [-0.39, 0.29) is 6.07 Å². The lowest BCUT2D eigenvalue weighted by Crippen LogP contribution is -2.09. The molecule has 0 aromatic carbocycles. The minimum Gasteiger partial charge on any atom is -0.399 e. The first-order chi connectivity index (χ1) is 3.85. The van der Waals surface area contributed by atoms with Gasteiger partial charge in [0.1, 0.15) is 6.07 Å². The highest BCUT2D eigenvalue weighted by molar-refractivity contribution is 6.63. The fourth-order valence-corrected chi connectivity index (χ4v) is 1.35. The van der Waals surface area contributed by atoms with E-state index in [1.165, 1.54) is 0 Å². The Balaban J connectivity index is 3.35. The molecule has 0 atom stereocenters. The van der Waals surface area contributed by atoms with E-state index in [0.717, 1.165) is 0 Å². The van der Waals surface area contributed by atoms with Crippen LogP contribution in [0.5, 0.6) is 0 Å². The fraction of sp³-hybridized carbons (Fsp3) is 0.200. The zero-order chi connectivity index (χ0) is 6.41. The number of hydrogen-bond donors (Lipinski definition) is 0. The van der Waals surface area contributed by atoms with Gasteiger partial charge >= 0.3 is 0 Å². The summed E-state index contributed by atoms with van der Waals surface area (Å²) in [7, 11) is -1.30. The third-order valence-corrected chi connectivity index (χ3v) is 2.54. The molecule has 0 amide bonds. The van der Waals surface area contributed by atoms with Gasteiger partial charge in [-0.2, -0.15) is 0 Å². The van der Waals surface area contributed by atoms with Crippen molar-refractivity contribution in [3.63, 3.8) is 0 Å². The van der Waals surface area contributed by atoms with Crippen LogP contribution in [0.3, 0.4) is 0 Å². The Labute approximate surface area is 56.3 Å². The van der Waals surface area contributed by atoms with Crippen molar-refractivity contribution in [3.05, 3.63) is 24.6 Å². The summed E-state index contributed by atoms with van der Waals surface area (Å²) in [5.41, 5.74) is 3.55. The van der Waals surface area contributed by atoms with Crippen molar-refractivity contribution in [2.24, 2.45) is 0 Å². The first kappa shape index (κ1) is 7.95. The lowest BCUT2D eigenvalue weighted by atomic mass is 11.2. The Morgan fingerprint density at radius 1 is 1.50 bits per heavy atom. The molecule has 0 aliphatic carbocycles. The van der Waals surface area contributed by atoms with E-state index < -0.39 is 9.04 Å². The van der Waals surface area contributed by atoms with E-state index in [4.69, 9.17) is 16.0 Å². The zero-order valence-corrected chi connectivity index (χ0v) is 6.55. The second-order valence-corrected chi connectivity index (χ2v) is 3.64. The number of alkyl halides is 1. The predicted octanol–water partition coefficient (Wildman–Crippen LogP) is 1.37. The molecule has 0 aliphatic heterocycles. The van der Waals surface area contributed by atoms with E-state index >= 15 is 0 Å². The Morgan fingerprint density at radius 2 is 2.00 bits per heavy atom. The Hall–Kier alpha value is -0.0531. The van der Waals surface area contributed by atoms with E-state index in [0.29, 0.717) is 0 Å². The molecule has 0 fully saturated rings. The summed E-state index contributed by atoms with van der Waals surface area (Å²) < 4.78 is 5.01. The number of hydrogen-bond acceptors (Lipinski definition) is 1. The summed E-state index contributed by atoms with van der Waals surface area (Å²) in [6.07, 6.45) is 0. The van der Waals surface area contributed by atoms with Crippen LogP contribution in [0.25, 0.3) is 0 Å². The van der Waals surface area contributed by atoms with E-state index in [2.05, 4.69) is 13.2 Å². The summed E-state index contributed by atoms with van der Waals surface area (Å²) >= 11 is 5.27. The summed E-state index contributed by atoms with van der Waals surface area (Å²) in [5, 5.41) is 0. The summed E-state index contributed by atoms with van der Waals surface area (Å²) in [5.74, 6) is 0. The minimum absolute atomic E-state index is 0.245. The van der Waals surface area contributed by atoms with E-state index in [1.807, 2.05) is 0 Å². The normalized spacial score (nSPS) is 9.25. The fourth-order valence-electron chi connectivity index (χ4n) is 0.305. The van der Waals surface area contributed by atoms with Crippen LogP contribution in [0, 0.1) is 0 Å². The third-order valence-electron chi connectivity index (χ3n) is 0.720. The summed E-state index contributed by atoms with van der Waals surface area (Å²) in [4.78, 5) is 0. The largest absolute Gasteiger partial charge is 0.399 e. The van der Waals surface area contributed by atoms with Gasteiger partial charge in [-0.15, -0.1) is 13.2 Å². The van der Waals surface area contributed by atoms with Crippen molar-refractivity contribution >= 4 is 20.6 Å². The quantitative estimate of drug-likeness (QED) is 0.433. The van der Waals surface area contributed by atoms with Gasteiger partial charge in [0.05, 0.1) is 0 Å². The van der Waals surface area contributed by atoms with Gasteiger partial charge in [0.25, 0.3) is 0 Å². The Kier molecular flexibility index (Phi) is 5.06. The van der Waals surface area contributed by atoms with Crippen molar-refractivity contribution in [2.75, 3.05) is 6.07 Å². The molecular formula is C5H9ClOSi. The lowest BCUT2D eigenvalue weighted by Gasteiger charge is -2.00. The molecule has 0 spiro atoms. The highest BCUT2D eigenvalue weighted by Crippen LogP contribution is 1.89. The van der Waals surface area contributed by atoms with Crippen LogP contribution < -0.4 is 0 Å². The maximum absolute atomic E-state index is 5.27. The molecule has 8 heavy (non-hydrogen) atoms. The molecular weight excluding hydrogens is 140 g/mol. The maximum Gasteiger partial charge on any atom is 0.226 e. The average molecular weight is 149 g/mol. The standard InChI is InChI=1S/C5H9ClOSi/c1-3-8(4-2)7-5-6/h3-4,8H,1-2,5H2. The van der Waals surface area contributed by atoms with E-state index in [9.17, 15) is 0 Å². The molecule has 0 N–H and O–H groups in total. The Morgan fingerprint density at radius 3 is 2.12 bits per heavy atom. The van der Waals surface area contributed by atoms with Crippen molar-refractivity contribution in [1.29, 1.82) is 0 Å². The van der Waals surface area contributed by atoms with Gasteiger partial charge in [-0.05, 0) is 0 Å². The van der Waals surface area contributed by atoms with Crippen molar-refractivity contribution < 1.29 is 4.43 Å². The van der Waals surface area contributed by atoms with Gasteiger partial charge in [0, 0.05) is 0 Å². The van der Waals surface area contributed by atoms with Crippen LogP contribution in [-0.4, -0.2) is 15.1 Å². The van der Waals surface area contributed by atoms with Gasteiger partial charge in [0.15, 0.2) is 0 Å². The molecule has 0 aliphatic rings. The first-order valence-corrected chi connectivity index (χ1v) is 4.61. The van der Waals surface area contributed by atoms with Gasteiger partial charge < -0.3 is 4.43 Å². The molecule has 3 heteroatoms. The van der Waals surface area contributed by atoms with Crippen LogP contribution in [0.15, 0.2) is 24.6 Å². The summed E-state index contributed by atoms with van der Waals surface area (Å²) in [6, 6.07) is 0.245. The van der Waals surface area contributed by atoms with Gasteiger partial charge in [-0.3, -0.25) is 0 Å². The van der Waals surface area contributed by atoms with Crippen LogP contribution >= 0.6 is 11.6 Å². The van der Waals surface area contributed by atoms with Crippen molar-refractivity contribution in [3.8, 4) is 0 Å². The molecule has 0 aromatic heterocycles.